The van der Waals surface area contributed by atoms with Crippen LogP contribution in [0.3, 0.4) is 0 Å². The maximum Gasteiger partial charge on any atom is 0.248 e. The zero-order chi connectivity index (χ0) is 15.1. The zero-order valence-electron chi connectivity index (χ0n) is 11.4. The average molecular weight is 340 g/mol. The first-order valence-corrected chi connectivity index (χ1v) is 8.85. The average Bonchev–Trinajstić information content (AvgIpc) is 2.49. The van der Waals surface area contributed by atoms with Crippen molar-refractivity contribution in [2.75, 3.05) is 24.2 Å². The third-order valence-electron chi connectivity index (χ3n) is 2.66. The van der Waals surface area contributed by atoms with Crippen molar-refractivity contribution in [3.05, 3.63) is 36.9 Å². The van der Waals surface area contributed by atoms with Crippen molar-refractivity contribution in [1.82, 2.24) is 10.6 Å². The molecule has 0 spiro atoms. The molecule has 1 aliphatic rings. The minimum Gasteiger partial charge on any atom is -0.362 e. The molecule has 1 aromatic rings. The van der Waals surface area contributed by atoms with Gasteiger partial charge in [0.25, 0.3) is 0 Å². The third-order valence-corrected chi connectivity index (χ3v) is 5.64. The zero-order valence-corrected chi connectivity index (χ0v) is 13.9. The minimum atomic E-state index is -0.114. The van der Waals surface area contributed by atoms with E-state index in [1.807, 2.05) is 24.3 Å². The van der Waals surface area contributed by atoms with E-state index < -0.39 is 0 Å². The van der Waals surface area contributed by atoms with Gasteiger partial charge in [-0.2, -0.15) is 0 Å². The summed E-state index contributed by atoms with van der Waals surface area (Å²) in [6, 6.07) is 7.86. The lowest BCUT2D eigenvalue weighted by Gasteiger charge is -2.23. The van der Waals surface area contributed by atoms with Gasteiger partial charge in [-0.3, -0.25) is 4.79 Å². The van der Waals surface area contributed by atoms with E-state index in [0.717, 1.165) is 22.9 Å². The van der Waals surface area contributed by atoms with Crippen molar-refractivity contribution in [2.45, 2.75) is 9.48 Å². The van der Waals surface area contributed by atoms with E-state index in [9.17, 15) is 4.79 Å². The second-order valence-electron chi connectivity index (χ2n) is 4.23. The molecule has 0 fully saturated rings. The topological polar surface area (TPSA) is 53.2 Å². The number of thioether (sulfide) groups is 2. The molecule has 1 unspecified atom stereocenters. The van der Waals surface area contributed by atoms with E-state index in [1.54, 1.807) is 29.6 Å². The number of fused-ring (bicyclic) bond motifs is 1. The predicted molar refractivity (Wildman–Crippen MR) is 96.0 cm³/mol. The largest absolute Gasteiger partial charge is 0.362 e. The number of para-hydroxylation sites is 1. The van der Waals surface area contributed by atoms with Crippen LogP contribution in [-0.2, 0) is 4.79 Å². The van der Waals surface area contributed by atoms with Gasteiger partial charge >= 0.3 is 0 Å². The monoisotopic (exact) mass is 339 g/mol. The molecule has 1 heterocycles. The van der Waals surface area contributed by atoms with Crippen molar-refractivity contribution in [3.8, 4) is 0 Å². The molecule has 0 aromatic heterocycles. The van der Waals surface area contributed by atoms with Gasteiger partial charge in [0.15, 0.2) is 5.11 Å². The van der Waals surface area contributed by atoms with E-state index in [4.69, 9.17) is 12.2 Å². The predicted octanol–water partition coefficient (Wildman–Crippen LogP) is 2.44. The second-order valence-corrected chi connectivity index (χ2v) is 7.30. The van der Waals surface area contributed by atoms with Crippen LogP contribution in [0.1, 0.15) is 0 Å². The van der Waals surface area contributed by atoms with Gasteiger partial charge in [0.05, 0.1) is 5.69 Å². The van der Waals surface area contributed by atoms with Gasteiger partial charge in [0.2, 0.25) is 5.91 Å². The molecule has 2 rings (SSSR count). The summed E-state index contributed by atoms with van der Waals surface area (Å²) >= 11 is 8.32. The first-order valence-electron chi connectivity index (χ1n) is 6.51. The second kappa shape index (κ2) is 8.31. The maximum atomic E-state index is 12.0. The Hall–Kier alpha value is -1.18. The molecule has 4 nitrogen and oxygen atoms in total. The third kappa shape index (κ3) is 4.94. The molecule has 0 aliphatic carbocycles. The normalized spacial score (nSPS) is 16.6. The highest BCUT2D eigenvalue weighted by molar-refractivity contribution is 8.18. The Labute approximate surface area is 138 Å². The molecular weight excluding hydrogens is 322 g/mol. The van der Waals surface area contributed by atoms with Crippen molar-refractivity contribution in [2.24, 2.45) is 0 Å². The molecule has 3 N–H and O–H groups in total. The lowest BCUT2D eigenvalue weighted by molar-refractivity contribution is -0.114. The van der Waals surface area contributed by atoms with Gasteiger partial charge in [-0.05, 0) is 24.4 Å². The fourth-order valence-electron chi connectivity index (χ4n) is 1.70. The number of benzene rings is 1. The van der Waals surface area contributed by atoms with E-state index in [0.29, 0.717) is 11.7 Å². The quantitative estimate of drug-likeness (QED) is 0.420. The molecule has 1 amide bonds. The number of nitrogens with one attached hydrogen (secondary N) is 3. The number of carbonyl (C=O) groups is 1. The van der Waals surface area contributed by atoms with Crippen LogP contribution in [0.25, 0.3) is 0 Å². The fourth-order valence-corrected chi connectivity index (χ4v) is 4.20. The Morgan fingerprint density at radius 2 is 2.29 bits per heavy atom. The van der Waals surface area contributed by atoms with Crippen LogP contribution in [-0.4, -0.2) is 34.4 Å². The smallest absolute Gasteiger partial charge is 0.248 e. The van der Waals surface area contributed by atoms with Gasteiger partial charge in [-0.1, -0.05) is 30.0 Å². The molecule has 1 aliphatic heterocycles. The molecule has 0 radical (unpaired) electrons. The number of rotatable bonds is 6. The first-order chi connectivity index (χ1) is 10.2. The van der Waals surface area contributed by atoms with E-state index in [-0.39, 0.29) is 10.5 Å². The Balaban J connectivity index is 1.73. The van der Waals surface area contributed by atoms with Crippen LogP contribution in [0, 0.1) is 0 Å². The number of hydrogen-bond donors (Lipinski definition) is 3. The minimum absolute atomic E-state index is 0.0519. The molecule has 0 saturated heterocycles. The molecule has 0 saturated carbocycles. The van der Waals surface area contributed by atoms with Crippen LogP contribution >= 0.6 is 35.7 Å². The van der Waals surface area contributed by atoms with Crippen molar-refractivity contribution in [1.29, 1.82) is 0 Å². The molecule has 7 heteroatoms. The molecule has 21 heavy (non-hydrogen) atoms. The maximum absolute atomic E-state index is 12.0. The number of anilines is 1. The standard InChI is InChI=1S/C14H17N3OS3/c1-2-7-15-14(19)16-8-9-20-13-12(18)17-10-5-3-4-6-11(10)21-13/h2-6,13H,1,7-9H2,(H,17,18)(H2,15,16,19). The first kappa shape index (κ1) is 16.2. The Kier molecular flexibility index (Phi) is 6.41. The summed E-state index contributed by atoms with van der Waals surface area (Å²) < 4.78 is -0.114. The number of thiocarbonyl (C=S) groups is 1. The number of amides is 1. The highest BCUT2D eigenvalue weighted by Gasteiger charge is 2.26. The van der Waals surface area contributed by atoms with Crippen LogP contribution in [0.2, 0.25) is 0 Å². The van der Waals surface area contributed by atoms with Gasteiger partial charge in [0.1, 0.15) is 4.58 Å². The summed E-state index contributed by atoms with van der Waals surface area (Å²) in [6.07, 6.45) is 1.75. The Morgan fingerprint density at radius 1 is 1.48 bits per heavy atom. The SMILES string of the molecule is C=CCNC(=S)NCCSC1Sc2ccccc2NC1=O. The van der Waals surface area contributed by atoms with Crippen molar-refractivity contribution >= 4 is 52.4 Å². The van der Waals surface area contributed by atoms with Gasteiger partial charge < -0.3 is 16.0 Å². The summed E-state index contributed by atoms with van der Waals surface area (Å²) in [5, 5.41) is 9.65. The summed E-state index contributed by atoms with van der Waals surface area (Å²) in [6.45, 7) is 4.99. The molecule has 112 valence electrons. The van der Waals surface area contributed by atoms with Gasteiger partial charge in [0, 0.05) is 23.7 Å². The number of carbonyl (C=O) groups excluding carboxylic acids is 1. The van der Waals surface area contributed by atoms with Crippen LogP contribution in [0.15, 0.2) is 41.8 Å². The summed E-state index contributed by atoms with van der Waals surface area (Å²) in [5.41, 5.74) is 0.900. The van der Waals surface area contributed by atoms with E-state index >= 15 is 0 Å². The Morgan fingerprint density at radius 3 is 3.10 bits per heavy atom. The molecule has 1 aromatic carbocycles. The highest BCUT2D eigenvalue weighted by Crippen LogP contribution is 2.39. The van der Waals surface area contributed by atoms with Gasteiger partial charge in [-0.15, -0.1) is 18.3 Å². The van der Waals surface area contributed by atoms with Crippen LogP contribution in [0.5, 0.6) is 0 Å². The van der Waals surface area contributed by atoms with Crippen LogP contribution < -0.4 is 16.0 Å². The lowest BCUT2D eigenvalue weighted by atomic mass is 10.3. The summed E-state index contributed by atoms with van der Waals surface area (Å²) in [5.74, 6) is 0.861. The van der Waals surface area contributed by atoms with E-state index in [1.165, 1.54) is 0 Å². The molecule has 0 bridgehead atoms. The van der Waals surface area contributed by atoms with Crippen molar-refractivity contribution < 1.29 is 4.79 Å². The lowest BCUT2D eigenvalue weighted by Crippen LogP contribution is -2.36. The number of hydrogen-bond acceptors (Lipinski definition) is 4. The molecule has 1 atom stereocenters. The summed E-state index contributed by atoms with van der Waals surface area (Å²) in [7, 11) is 0. The van der Waals surface area contributed by atoms with Crippen molar-refractivity contribution in [3.63, 3.8) is 0 Å². The summed E-state index contributed by atoms with van der Waals surface area (Å²) in [4.78, 5) is 13.1. The van der Waals surface area contributed by atoms with Crippen LogP contribution in [0.4, 0.5) is 5.69 Å². The highest BCUT2D eigenvalue weighted by atomic mass is 32.2. The van der Waals surface area contributed by atoms with E-state index in [2.05, 4.69) is 22.5 Å². The molecular formula is C14H17N3OS3. The Bertz CT molecular complexity index is 536. The fraction of sp³-hybridized carbons (Fsp3) is 0.286. The van der Waals surface area contributed by atoms with Gasteiger partial charge in [-0.25, -0.2) is 0 Å².